The zero-order valence-corrected chi connectivity index (χ0v) is 38.4. The number of benzene rings is 11. The van der Waals surface area contributed by atoms with Crippen molar-refractivity contribution in [2.75, 3.05) is 9.80 Å². The van der Waals surface area contributed by atoms with E-state index in [1.807, 2.05) is 0 Å². The summed E-state index contributed by atoms with van der Waals surface area (Å²) in [6, 6.07) is 78.7. The first kappa shape index (κ1) is 38.8. The molecule has 0 atom stereocenters. The minimum atomic E-state index is 0.806. The van der Waals surface area contributed by atoms with E-state index in [2.05, 4.69) is 251 Å². The lowest BCUT2D eigenvalue weighted by molar-refractivity contribution is 0.666. The zero-order valence-electron chi connectivity index (χ0n) is 38.4. The van der Waals surface area contributed by atoms with Crippen molar-refractivity contribution in [2.24, 2.45) is 14.1 Å². The average Bonchev–Trinajstić information content (AvgIpc) is 4.15. The van der Waals surface area contributed by atoms with Crippen molar-refractivity contribution in [1.82, 2.24) is 9.13 Å². The van der Waals surface area contributed by atoms with Crippen LogP contribution in [0.5, 0.6) is 0 Å². The second-order valence-corrected chi connectivity index (χ2v) is 18.6. The van der Waals surface area contributed by atoms with Gasteiger partial charge in [-0.05, 0) is 144 Å². The molecule has 0 unspecified atom stereocenters. The Kier molecular flexibility index (Phi) is 8.10. The molecule has 0 radical (unpaired) electrons. The van der Waals surface area contributed by atoms with Gasteiger partial charge in [0.25, 0.3) is 0 Å². The number of aryl methyl sites for hydroxylation is 2. The first-order valence-corrected chi connectivity index (χ1v) is 23.9. The minimum Gasteiger partial charge on any atom is -0.455 e. The standard InChI is InChI=1S/C64H42N4O2/c1-65-56-19-11-9-17-49(56)54-37-45(25-32-58(54)65)67(41-13-5-3-6-14-41)43-23-29-47-39(35-43)21-27-51-52-31-34-60-61(64(52)70-62(47)51)53-28-22-40-36-44(24-30-48(40)63(53)69-60)68(42-15-7-4-8-16-42)46-26-33-59-55(38-46)50-18-10-12-20-57(50)66(59)2/h3-38H,1-2H3. The van der Waals surface area contributed by atoms with Crippen molar-refractivity contribution in [1.29, 1.82) is 0 Å². The molecular weight excluding hydrogens is 857 g/mol. The van der Waals surface area contributed by atoms with E-state index in [0.29, 0.717) is 0 Å². The number of fused-ring (bicyclic) bond motifs is 17. The minimum absolute atomic E-state index is 0.806. The van der Waals surface area contributed by atoms with Gasteiger partial charge >= 0.3 is 0 Å². The summed E-state index contributed by atoms with van der Waals surface area (Å²) in [5.41, 5.74) is 14.8. The van der Waals surface area contributed by atoms with E-state index in [-0.39, 0.29) is 0 Å². The summed E-state index contributed by atoms with van der Waals surface area (Å²) >= 11 is 0. The Morgan fingerprint density at radius 3 is 1.26 bits per heavy atom. The van der Waals surface area contributed by atoms with Gasteiger partial charge < -0.3 is 27.8 Å². The maximum absolute atomic E-state index is 7.04. The molecule has 4 heterocycles. The maximum Gasteiger partial charge on any atom is 0.147 e. The molecule has 6 nitrogen and oxygen atoms in total. The van der Waals surface area contributed by atoms with Gasteiger partial charge in [-0.1, -0.05) is 84.9 Å². The summed E-state index contributed by atoms with van der Waals surface area (Å²) in [6.45, 7) is 0. The van der Waals surface area contributed by atoms with Crippen LogP contribution in [-0.4, -0.2) is 9.13 Å². The van der Waals surface area contributed by atoms with Crippen LogP contribution in [0.2, 0.25) is 0 Å². The molecule has 0 spiro atoms. The molecule has 0 aliphatic carbocycles. The van der Waals surface area contributed by atoms with Crippen LogP contribution in [0.4, 0.5) is 34.1 Å². The topological polar surface area (TPSA) is 42.6 Å². The summed E-state index contributed by atoms with van der Waals surface area (Å²) in [4.78, 5) is 4.70. The highest BCUT2D eigenvalue weighted by Crippen LogP contribution is 2.46. The molecule has 4 aromatic heterocycles. The van der Waals surface area contributed by atoms with Gasteiger partial charge in [0.1, 0.15) is 22.3 Å². The first-order chi connectivity index (χ1) is 34.5. The molecule has 0 saturated heterocycles. The van der Waals surface area contributed by atoms with Gasteiger partial charge in [-0.2, -0.15) is 0 Å². The van der Waals surface area contributed by atoms with Crippen LogP contribution in [-0.2, 0) is 14.1 Å². The van der Waals surface area contributed by atoms with E-state index >= 15 is 0 Å². The second kappa shape index (κ2) is 14.6. The number of aromatic nitrogens is 2. The zero-order chi connectivity index (χ0) is 46.2. The van der Waals surface area contributed by atoms with Crippen LogP contribution in [0.15, 0.2) is 227 Å². The molecule has 15 rings (SSSR count). The molecule has 0 fully saturated rings. The van der Waals surface area contributed by atoms with Gasteiger partial charge in [-0.25, -0.2) is 0 Å². The molecule has 0 aliphatic heterocycles. The number of hydrogen-bond donors (Lipinski definition) is 0. The Labute approximate surface area is 401 Å². The van der Waals surface area contributed by atoms with Crippen LogP contribution in [0, 0.1) is 0 Å². The lowest BCUT2D eigenvalue weighted by atomic mass is 10.0. The van der Waals surface area contributed by atoms with E-state index in [0.717, 1.165) is 99.5 Å². The summed E-state index contributed by atoms with van der Waals surface area (Å²) in [5, 5.41) is 13.5. The molecule has 0 saturated carbocycles. The number of furan rings is 2. The van der Waals surface area contributed by atoms with E-state index in [1.165, 1.54) is 43.6 Å². The van der Waals surface area contributed by atoms with Crippen molar-refractivity contribution in [2.45, 2.75) is 0 Å². The van der Waals surface area contributed by atoms with Gasteiger partial charge in [0, 0.05) is 119 Å². The Balaban J connectivity index is 0.848. The molecule has 330 valence electrons. The SMILES string of the molecule is Cn1c2ccccc2c2cc(N(c3ccccc3)c3ccc4c(ccc5c6ccc7oc8c9ccc(N(c%10ccccc%10)c%10ccc%11c(c%10)c%10ccccc%10n%11C)cc9ccc8c7c6oc45)c3)ccc21. The van der Waals surface area contributed by atoms with Crippen LogP contribution < -0.4 is 9.80 Å². The molecule has 0 bridgehead atoms. The highest BCUT2D eigenvalue weighted by molar-refractivity contribution is 6.27. The van der Waals surface area contributed by atoms with Crippen molar-refractivity contribution in [3.8, 4) is 0 Å². The lowest BCUT2D eigenvalue weighted by Crippen LogP contribution is -2.09. The van der Waals surface area contributed by atoms with Crippen LogP contribution in [0.3, 0.4) is 0 Å². The Morgan fingerprint density at radius 2 is 0.700 bits per heavy atom. The Hall–Kier alpha value is -9.26. The van der Waals surface area contributed by atoms with Gasteiger partial charge in [0.05, 0.1) is 5.39 Å². The third kappa shape index (κ3) is 5.56. The largest absolute Gasteiger partial charge is 0.455 e. The van der Waals surface area contributed by atoms with Crippen LogP contribution >= 0.6 is 0 Å². The molecule has 0 aliphatic rings. The molecule has 0 amide bonds. The number of rotatable bonds is 6. The number of hydrogen-bond acceptors (Lipinski definition) is 4. The predicted octanol–water partition coefficient (Wildman–Crippen LogP) is 18.0. The van der Waals surface area contributed by atoms with E-state index in [9.17, 15) is 0 Å². The molecule has 0 N–H and O–H groups in total. The smallest absolute Gasteiger partial charge is 0.147 e. The van der Waals surface area contributed by atoms with Crippen molar-refractivity contribution in [3.63, 3.8) is 0 Å². The Bertz CT molecular complexity index is 4630. The molecular formula is C64H42N4O2. The third-order valence-electron chi connectivity index (χ3n) is 14.9. The quantitative estimate of drug-likeness (QED) is 0.167. The summed E-state index contributed by atoms with van der Waals surface area (Å²) in [5.74, 6) is 0. The highest BCUT2D eigenvalue weighted by atomic mass is 16.3. The van der Waals surface area contributed by atoms with Crippen molar-refractivity contribution in [3.05, 3.63) is 218 Å². The first-order valence-electron chi connectivity index (χ1n) is 23.9. The van der Waals surface area contributed by atoms with E-state index < -0.39 is 0 Å². The Morgan fingerprint density at radius 1 is 0.286 bits per heavy atom. The van der Waals surface area contributed by atoms with Crippen molar-refractivity contribution < 1.29 is 8.83 Å². The number of anilines is 6. The molecule has 6 heteroatoms. The average molecular weight is 899 g/mol. The fourth-order valence-electron chi connectivity index (χ4n) is 11.6. The van der Waals surface area contributed by atoms with E-state index in [4.69, 9.17) is 8.83 Å². The fraction of sp³-hybridized carbons (Fsp3) is 0.0312. The van der Waals surface area contributed by atoms with Gasteiger partial charge in [-0.3, -0.25) is 0 Å². The fourth-order valence-corrected chi connectivity index (χ4v) is 11.6. The van der Waals surface area contributed by atoms with E-state index in [1.54, 1.807) is 0 Å². The molecule has 70 heavy (non-hydrogen) atoms. The van der Waals surface area contributed by atoms with Crippen LogP contribution in [0.1, 0.15) is 0 Å². The summed E-state index contributed by atoms with van der Waals surface area (Å²) in [6.07, 6.45) is 0. The van der Waals surface area contributed by atoms with Gasteiger partial charge in [-0.15, -0.1) is 0 Å². The highest BCUT2D eigenvalue weighted by Gasteiger charge is 2.22. The number of para-hydroxylation sites is 4. The molecule has 15 aromatic rings. The summed E-state index contributed by atoms with van der Waals surface area (Å²) < 4.78 is 18.4. The van der Waals surface area contributed by atoms with Crippen molar-refractivity contribution >= 4 is 143 Å². The van der Waals surface area contributed by atoms with Crippen LogP contribution in [0.25, 0.3) is 109 Å². The van der Waals surface area contributed by atoms with Gasteiger partial charge in [0.2, 0.25) is 0 Å². The lowest BCUT2D eigenvalue weighted by Gasteiger charge is -2.26. The third-order valence-corrected chi connectivity index (χ3v) is 14.9. The predicted molar refractivity (Wildman–Crippen MR) is 293 cm³/mol. The normalized spacial score (nSPS) is 12.1. The number of nitrogens with zero attached hydrogens (tertiary/aromatic N) is 4. The monoisotopic (exact) mass is 898 g/mol. The summed E-state index contributed by atoms with van der Waals surface area (Å²) in [7, 11) is 4.29. The second-order valence-electron chi connectivity index (χ2n) is 18.6. The van der Waals surface area contributed by atoms with Gasteiger partial charge in [0.15, 0.2) is 0 Å². The maximum atomic E-state index is 7.04. The molecule has 11 aromatic carbocycles.